The van der Waals surface area contributed by atoms with Crippen molar-refractivity contribution in [2.45, 2.75) is 32.1 Å². The van der Waals surface area contributed by atoms with Gasteiger partial charge in [-0.2, -0.15) is 0 Å². The molecule has 2 aliphatic rings. The van der Waals surface area contributed by atoms with Gasteiger partial charge in [0.25, 0.3) is 5.56 Å². The third-order valence-electron chi connectivity index (χ3n) is 5.90. The van der Waals surface area contributed by atoms with Gasteiger partial charge in [0.15, 0.2) is 5.65 Å². The van der Waals surface area contributed by atoms with Crippen molar-refractivity contribution >= 4 is 22.5 Å². The molecule has 136 valence electrons. The van der Waals surface area contributed by atoms with Crippen molar-refractivity contribution in [2.75, 3.05) is 38.1 Å². The Morgan fingerprint density at radius 1 is 1.04 bits per heavy atom. The lowest BCUT2D eigenvalue weighted by Gasteiger charge is -2.22. The molecule has 0 spiro atoms. The van der Waals surface area contributed by atoms with E-state index >= 15 is 0 Å². The van der Waals surface area contributed by atoms with Gasteiger partial charge in [0.2, 0.25) is 0 Å². The van der Waals surface area contributed by atoms with Crippen LogP contribution in [-0.2, 0) is 12.8 Å². The zero-order chi connectivity index (χ0) is 17.7. The summed E-state index contributed by atoms with van der Waals surface area (Å²) in [6, 6.07) is 6.13. The number of aromatic amines is 1. The fourth-order valence-electron chi connectivity index (χ4n) is 4.45. The van der Waals surface area contributed by atoms with Gasteiger partial charge < -0.3 is 14.8 Å². The SMILES string of the molecule is CN1CCCN(c2ccc3[nH]c(=O)c4cc5c(n4c3n2)CCCC5)CC1. The summed E-state index contributed by atoms with van der Waals surface area (Å²) in [7, 11) is 2.18. The smallest absolute Gasteiger partial charge is 0.272 e. The molecule has 0 bridgehead atoms. The van der Waals surface area contributed by atoms with E-state index in [9.17, 15) is 4.79 Å². The third-order valence-corrected chi connectivity index (χ3v) is 5.90. The summed E-state index contributed by atoms with van der Waals surface area (Å²) >= 11 is 0. The molecular weight excluding hydrogens is 326 g/mol. The molecule has 3 aromatic heterocycles. The lowest BCUT2D eigenvalue weighted by molar-refractivity contribution is 0.360. The monoisotopic (exact) mass is 351 g/mol. The lowest BCUT2D eigenvalue weighted by Crippen LogP contribution is -2.29. The molecule has 1 N–H and O–H groups in total. The highest BCUT2D eigenvalue weighted by molar-refractivity contribution is 5.77. The Balaban J connectivity index is 1.69. The number of aryl methyl sites for hydroxylation is 2. The maximum atomic E-state index is 12.6. The summed E-state index contributed by atoms with van der Waals surface area (Å²) in [6.45, 7) is 4.21. The molecule has 0 radical (unpaired) electrons. The molecule has 0 aromatic carbocycles. The van der Waals surface area contributed by atoms with E-state index in [1.165, 1.54) is 24.1 Å². The van der Waals surface area contributed by atoms with Crippen LogP contribution in [0.25, 0.3) is 16.7 Å². The van der Waals surface area contributed by atoms with Gasteiger partial charge in [0.1, 0.15) is 11.3 Å². The number of anilines is 1. The minimum absolute atomic E-state index is 0.0159. The predicted molar refractivity (Wildman–Crippen MR) is 104 cm³/mol. The molecule has 1 aliphatic carbocycles. The van der Waals surface area contributed by atoms with Crippen molar-refractivity contribution < 1.29 is 0 Å². The summed E-state index contributed by atoms with van der Waals surface area (Å²) in [4.78, 5) is 25.3. The van der Waals surface area contributed by atoms with Crippen molar-refractivity contribution in [1.82, 2.24) is 19.3 Å². The maximum Gasteiger partial charge on any atom is 0.272 e. The fraction of sp³-hybridized carbons (Fsp3) is 0.500. The Morgan fingerprint density at radius 3 is 2.85 bits per heavy atom. The fourth-order valence-corrected chi connectivity index (χ4v) is 4.45. The quantitative estimate of drug-likeness (QED) is 0.730. The van der Waals surface area contributed by atoms with Crippen molar-refractivity contribution in [1.29, 1.82) is 0 Å². The first-order valence-electron chi connectivity index (χ1n) is 9.70. The predicted octanol–water partition coefficient (Wildman–Crippen LogP) is 2.20. The van der Waals surface area contributed by atoms with Gasteiger partial charge in [-0.05, 0) is 69.5 Å². The number of H-pyrrole nitrogens is 1. The summed E-state index contributed by atoms with van der Waals surface area (Å²) < 4.78 is 2.12. The van der Waals surface area contributed by atoms with E-state index < -0.39 is 0 Å². The number of nitrogens with one attached hydrogen (secondary N) is 1. The number of likely N-dealkylation sites (N-methyl/N-ethyl adjacent to an activating group) is 1. The van der Waals surface area contributed by atoms with Crippen LogP contribution in [-0.4, -0.2) is 52.5 Å². The average Bonchev–Trinajstić information content (AvgIpc) is 2.92. The number of hydrogen-bond donors (Lipinski definition) is 1. The zero-order valence-electron chi connectivity index (χ0n) is 15.3. The van der Waals surface area contributed by atoms with Gasteiger partial charge in [0, 0.05) is 25.3 Å². The number of hydrogen-bond acceptors (Lipinski definition) is 4. The van der Waals surface area contributed by atoms with Crippen molar-refractivity contribution in [2.24, 2.45) is 0 Å². The second-order valence-electron chi connectivity index (χ2n) is 7.68. The van der Waals surface area contributed by atoms with Crippen molar-refractivity contribution in [3.63, 3.8) is 0 Å². The van der Waals surface area contributed by atoms with Crippen LogP contribution in [0.15, 0.2) is 23.0 Å². The van der Waals surface area contributed by atoms with Crippen LogP contribution in [0.2, 0.25) is 0 Å². The second-order valence-corrected chi connectivity index (χ2v) is 7.68. The summed E-state index contributed by atoms with van der Waals surface area (Å²) in [5.74, 6) is 1.01. The minimum Gasteiger partial charge on any atom is -0.355 e. The Labute approximate surface area is 152 Å². The molecule has 1 aliphatic heterocycles. The Kier molecular flexibility index (Phi) is 3.74. The molecule has 3 aromatic rings. The molecule has 0 unspecified atom stereocenters. The number of nitrogens with zero attached hydrogens (tertiary/aromatic N) is 4. The molecule has 0 saturated carbocycles. The zero-order valence-corrected chi connectivity index (χ0v) is 15.3. The Hall–Kier alpha value is -2.34. The molecule has 6 nitrogen and oxygen atoms in total. The molecule has 1 fully saturated rings. The summed E-state index contributed by atoms with van der Waals surface area (Å²) in [5.41, 5.74) is 5.03. The van der Waals surface area contributed by atoms with E-state index in [0.717, 1.165) is 67.9 Å². The molecule has 0 amide bonds. The van der Waals surface area contributed by atoms with Crippen LogP contribution in [0.3, 0.4) is 0 Å². The molecule has 6 heteroatoms. The lowest BCUT2D eigenvalue weighted by atomic mass is 9.98. The highest BCUT2D eigenvalue weighted by Crippen LogP contribution is 2.27. The summed E-state index contributed by atoms with van der Waals surface area (Å²) in [6.07, 6.45) is 5.64. The molecule has 4 heterocycles. The topological polar surface area (TPSA) is 56.6 Å². The number of fused-ring (bicyclic) bond motifs is 5. The van der Waals surface area contributed by atoms with Gasteiger partial charge in [-0.1, -0.05) is 0 Å². The molecule has 0 atom stereocenters. The van der Waals surface area contributed by atoms with Crippen molar-refractivity contribution in [3.8, 4) is 0 Å². The third kappa shape index (κ3) is 2.51. The van der Waals surface area contributed by atoms with Crippen LogP contribution in [0, 0.1) is 0 Å². The normalized spacial score (nSPS) is 19.0. The van der Waals surface area contributed by atoms with Gasteiger partial charge in [0.05, 0.1) is 5.52 Å². The van der Waals surface area contributed by atoms with Crippen LogP contribution < -0.4 is 10.5 Å². The highest BCUT2D eigenvalue weighted by Gasteiger charge is 2.20. The van der Waals surface area contributed by atoms with E-state index in [4.69, 9.17) is 4.98 Å². The first-order chi connectivity index (χ1) is 12.7. The molecule has 5 rings (SSSR count). The number of aromatic nitrogens is 3. The van der Waals surface area contributed by atoms with E-state index in [1.807, 2.05) is 12.1 Å². The van der Waals surface area contributed by atoms with Gasteiger partial charge in [-0.25, -0.2) is 4.98 Å². The van der Waals surface area contributed by atoms with Crippen LogP contribution in [0.4, 0.5) is 5.82 Å². The van der Waals surface area contributed by atoms with Crippen LogP contribution in [0.1, 0.15) is 30.5 Å². The highest BCUT2D eigenvalue weighted by atomic mass is 16.1. The number of pyridine rings is 1. The standard InChI is InChI=1S/C20H25N5O/c1-23-9-4-10-24(12-11-23)18-8-7-15-19(22-18)25-16-6-3-2-5-14(16)13-17(25)20(26)21-15/h7-8,13H,2-6,9-12H2,1H3,(H,21,26). The molecular formula is C20H25N5O. The van der Waals surface area contributed by atoms with E-state index in [2.05, 4.69) is 32.3 Å². The van der Waals surface area contributed by atoms with Gasteiger partial charge >= 0.3 is 0 Å². The van der Waals surface area contributed by atoms with E-state index in [0.29, 0.717) is 0 Å². The van der Waals surface area contributed by atoms with Crippen molar-refractivity contribution in [3.05, 3.63) is 39.8 Å². The second kappa shape index (κ2) is 6.13. The average molecular weight is 351 g/mol. The molecule has 1 saturated heterocycles. The summed E-state index contributed by atoms with van der Waals surface area (Å²) in [5, 5.41) is 0. The molecule has 26 heavy (non-hydrogen) atoms. The van der Waals surface area contributed by atoms with Gasteiger partial charge in [-0.3, -0.25) is 9.20 Å². The van der Waals surface area contributed by atoms with Gasteiger partial charge in [-0.15, -0.1) is 0 Å². The maximum absolute atomic E-state index is 12.6. The first-order valence-corrected chi connectivity index (χ1v) is 9.70. The Morgan fingerprint density at radius 2 is 1.92 bits per heavy atom. The first kappa shape index (κ1) is 15.9. The van der Waals surface area contributed by atoms with E-state index in [-0.39, 0.29) is 5.56 Å². The largest absolute Gasteiger partial charge is 0.355 e. The minimum atomic E-state index is -0.0159. The van der Waals surface area contributed by atoms with Crippen LogP contribution >= 0.6 is 0 Å². The van der Waals surface area contributed by atoms with E-state index in [1.54, 1.807) is 0 Å². The number of rotatable bonds is 1. The van der Waals surface area contributed by atoms with Crippen LogP contribution in [0.5, 0.6) is 0 Å². The Bertz CT molecular complexity index is 1030.